The first-order valence-electron chi connectivity index (χ1n) is 4.49. The van der Waals surface area contributed by atoms with E-state index < -0.39 is 5.97 Å². The van der Waals surface area contributed by atoms with Crippen LogP contribution in [0.15, 0.2) is 30.3 Å². The molecule has 0 aliphatic rings. The third-order valence-corrected chi connectivity index (χ3v) is 2.78. The van der Waals surface area contributed by atoms with Gasteiger partial charge in [0.2, 0.25) is 0 Å². The summed E-state index contributed by atoms with van der Waals surface area (Å²) in [6, 6.07) is 9.75. The number of carboxylic acid groups (broad SMARTS) is 1. The van der Waals surface area contributed by atoms with Crippen molar-refractivity contribution in [1.29, 1.82) is 0 Å². The molecular weight excluding hydrogens is 196 g/mol. The van der Waals surface area contributed by atoms with E-state index in [2.05, 4.69) is 0 Å². The van der Waals surface area contributed by atoms with Gasteiger partial charge in [-0.15, -0.1) is 0 Å². The van der Waals surface area contributed by atoms with Crippen LogP contribution in [0.25, 0.3) is 0 Å². The first-order chi connectivity index (χ1) is 6.74. The molecule has 0 saturated carbocycles. The second-order valence-electron chi connectivity index (χ2n) is 3.18. The Balaban J connectivity index is 2.60. The zero-order valence-electron chi connectivity index (χ0n) is 8.14. The number of rotatable bonds is 5. The summed E-state index contributed by atoms with van der Waals surface area (Å²) in [5, 5.41) is 8.95. The molecule has 0 amide bonds. The first kappa shape index (κ1) is 11.1. The van der Waals surface area contributed by atoms with Gasteiger partial charge in [0.15, 0.2) is 0 Å². The van der Waals surface area contributed by atoms with Crippen LogP contribution in [0.2, 0.25) is 0 Å². The van der Waals surface area contributed by atoms with Crippen LogP contribution >= 0.6 is 11.8 Å². The molecule has 0 aliphatic carbocycles. The second kappa shape index (κ2) is 5.70. The Hall–Kier alpha value is -0.960. The molecule has 0 saturated heterocycles. The maximum Gasteiger partial charge on any atom is 0.307 e. The van der Waals surface area contributed by atoms with Crippen LogP contribution in [0.4, 0.5) is 0 Å². The standard InChI is InChI=1S/C11H14O2S/c1-14-8-10(11(12)13)7-9-5-3-2-4-6-9/h2-6,10H,7-8H2,1H3,(H,12,13). The molecule has 3 heteroatoms. The summed E-state index contributed by atoms with van der Waals surface area (Å²) in [6.07, 6.45) is 2.55. The molecule has 0 radical (unpaired) electrons. The largest absolute Gasteiger partial charge is 0.481 e. The Morgan fingerprint density at radius 1 is 1.43 bits per heavy atom. The molecule has 2 nitrogen and oxygen atoms in total. The fourth-order valence-electron chi connectivity index (χ4n) is 1.32. The van der Waals surface area contributed by atoms with Crippen molar-refractivity contribution in [1.82, 2.24) is 0 Å². The molecule has 1 rings (SSSR count). The predicted molar refractivity (Wildman–Crippen MR) is 59.7 cm³/mol. The Kier molecular flexibility index (Phi) is 4.53. The minimum absolute atomic E-state index is 0.271. The van der Waals surface area contributed by atoms with Gasteiger partial charge in [0.1, 0.15) is 0 Å². The van der Waals surface area contributed by atoms with Crippen LogP contribution in [-0.4, -0.2) is 23.1 Å². The average molecular weight is 210 g/mol. The molecule has 0 fully saturated rings. The first-order valence-corrected chi connectivity index (χ1v) is 5.89. The lowest BCUT2D eigenvalue weighted by Crippen LogP contribution is -2.18. The van der Waals surface area contributed by atoms with Crippen LogP contribution in [0, 0.1) is 5.92 Å². The lowest BCUT2D eigenvalue weighted by atomic mass is 10.0. The van der Waals surface area contributed by atoms with E-state index in [1.54, 1.807) is 11.8 Å². The van der Waals surface area contributed by atoms with E-state index in [9.17, 15) is 4.79 Å². The van der Waals surface area contributed by atoms with Crippen molar-refractivity contribution in [2.45, 2.75) is 6.42 Å². The highest BCUT2D eigenvalue weighted by Crippen LogP contribution is 2.13. The predicted octanol–water partition coefficient (Wildman–Crippen LogP) is 2.29. The zero-order chi connectivity index (χ0) is 10.4. The minimum Gasteiger partial charge on any atom is -0.481 e. The summed E-state index contributed by atoms with van der Waals surface area (Å²) in [5.74, 6) is -0.305. The van der Waals surface area contributed by atoms with Crippen LogP contribution < -0.4 is 0 Å². The average Bonchev–Trinajstić information content (AvgIpc) is 2.18. The van der Waals surface area contributed by atoms with Gasteiger partial charge in [-0.2, -0.15) is 11.8 Å². The van der Waals surface area contributed by atoms with Gasteiger partial charge in [-0.1, -0.05) is 30.3 Å². The van der Waals surface area contributed by atoms with Crippen LogP contribution in [0.5, 0.6) is 0 Å². The van der Waals surface area contributed by atoms with E-state index in [0.717, 1.165) is 5.56 Å². The van der Waals surface area contributed by atoms with Crippen molar-refractivity contribution in [2.75, 3.05) is 12.0 Å². The Bertz CT molecular complexity index is 285. The lowest BCUT2D eigenvalue weighted by molar-refractivity contribution is -0.140. The smallest absolute Gasteiger partial charge is 0.307 e. The van der Waals surface area contributed by atoms with Gasteiger partial charge >= 0.3 is 5.97 Å². The summed E-state index contributed by atoms with van der Waals surface area (Å²) in [7, 11) is 0. The van der Waals surface area contributed by atoms with Crippen LogP contribution in [0.3, 0.4) is 0 Å². The van der Waals surface area contributed by atoms with Crippen LogP contribution in [0.1, 0.15) is 5.56 Å². The summed E-state index contributed by atoms with van der Waals surface area (Å²) in [4.78, 5) is 10.9. The van der Waals surface area contributed by atoms with Crippen molar-refractivity contribution in [3.8, 4) is 0 Å². The SMILES string of the molecule is CSCC(Cc1ccccc1)C(=O)O. The van der Waals surface area contributed by atoms with Gasteiger partial charge in [-0.3, -0.25) is 4.79 Å². The van der Waals surface area contributed by atoms with Gasteiger partial charge in [-0.25, -0.2) is 0 Å². The molecular formula is C11H14O2S. The van der Waals surface area contributed by atoms with E-state index in [1.165, 1.54) is 0 Å². The second-order valence-corrected chi connectivity index (χ2v) is 4.09. The summed E-state index contributed by atoms with van der Waals surface area (Å²) < 4.78 is 0. The van der Waals surface area contributed by atoms with Gasteiger partial charge in [0, 0.05) is 5.75 Å². The van der Waals surface area contributed by atoms with Gasteiger partial charge in [-0.05, 0) is 18.2 Å². The molecule has 1 aromatic rings. The van der Waals surface area contributed by atoms with E-state index in [-0.39, 0.29) is 5.92 Å². The van der Waals surface area contributed by atoms with Crippen LogP contribution in [-0.2, 0) is 11.2 Å². The third kappa shape index (κ3) is 3.42. The summed E-state index contributed by atoms with van der Waals surface area (Å²) >= 11 is 1.58. The fourth-order valence-corrected chi connectivity index (χ4v) is 1.98. The normalized spacial score (nSPS) is 12.4. The highest BCUT2D eigenvalue weighted by molar-refractivity contribution is 7.98. The van der Waals surface area contributed by atoms with E-state index in [0.29, 0.717) is 12.2 Å². The summed E-state index contributed by atoms with van der Waals surface area (Å²) in [6.45, 7) is 0. The maximum absolute atomic E-state index is 10.9. The molecule has 0 bridgehead atoms. The molecule has 0 aromatic heterocycles. The Labute approximate surface area is 88.3 Å². The van der Waals surface area contributed by atoms with Crippen molar-refractivity contribution in [2.24, 2.45) is 5.92 Å². The van der Waals surface area contributed by atoms with E-state index in [4.69, 9.17) is 5.11 Å². The molecule has 76 valence electrons. The molecule has 1 atom stereocenters. The quantitative estimate of drug-likeness (QED) is 0.810. The molecule has 0 aliphatic heterocycles. The molecule has 1 aromatic carbocycles. The molecule has 0 heterocycles. The van der Waals surface area contributed by atoms with Crippen molar-refractivity contribution < 1.29 is 9.90 Å². The number of benzene rings is 1. The number of carbonyl (C=O) groups is 1. The van der Waals surface area contributed by atoms with Crippen molar-refractivity contribution >= 4 is 17.7 Å². The van der Waals surface area contributed by atoms with Gasteiger partial charge in [0.05, 0.1) is 5.92 Å². The molecule has 14 heavy (non-hydrogen) atoms. The molecule has 0 spiro atoms. The molecule has 1 N–H and O–H groups in total. The van der Waals surface area contributed by atoms with Gasteiger partial charge < -0.3 is 5.11 Å². The number of hydrogen-bond donors (Lipinski definition) is 1. The van der Waals surface area contributed by atoms with E-state index >= 15 is 0 Å². The fraction of sp³-hybridized carbons (Fsp3) is 0.364. The topological polar surface area (TPSA) is 37.3 Å². The van der Waals surface area contributed by atoms with Crippen molar-refractivity contribution in [3.63, 3.8) is 0 Å². The van der Waals surface area contributed by atoms with E-state index in [1.807, 2.05) is 36.6 Å². The van der Waals surface area contributed by atoms with Crippen molar-refractivity contribution in [3.05, 3.63) is 35.9 Å². The number of carboxylic acids is 1. The zero-order valence-corrected chi connectivity index (χ0v) is 8.96. The highest BCUT2D eigenvalue weighted by Gasteiger charge is 2.16. The number of hydrogen-bond acceptors (Lipinski definition) is 2. The summed E-state index contributed by atoms with van der Waals surface area (Å²) in [5.41, 5.74) is 1.09. The third-order valence-electron chi connectivity index (χ3n) is 2.04. The number of thioether (sulfide) groups is 1. The van der Waals surface area contributed by atoms with Gasteiger partial charge in [0.25, 0.3) is 0 Å². The Morgan fingerprint density at radius 2 is 2.07 bits per heavy atom. The Morgan fingerprint density at radius 3 is 2.57 bits per heavy atom. The lowest BCUT2D eigenvalue weighted by Gasteiger charge is -2.10. The minimum atomic E-state index is -0.705. The maximum atomic E-state index is 10.9. The highest BCUT2D eigenvalue weighted by atomic mass is 32.2. The monoisotopic (exact) mass is 210 g/mol. The molecule has 1 unspecified atom stereocenters. The number of aliphatic carboxylic acids is 1.